The van der Waals surface area contributed by atoms with Crippen molar-refractivity contribution < 1.29 is 14.3 Å². The number of carbonyl (C=O) groups is 1. The third-order valence-electron chi connectivity index (χ3n) is 6.25. The monoisotopic (exact) mass is 515 g/mol. The molecular formula is C28H26ClN5O3. The van der Waals surface area contributed by atoms with Gasteiger partial charge in [0.1, 0.15) is 19.0 Å². The molecule has 8 nitrogen and oxygen atoms in total. The zero-order valence-corrected chi connectivity index (χ0v) is 21.4. The highest BCUT2D eigenvalue weighted by molar-refractivity contribution is 6.30. The molecule has 0 spiro atoms. The van der Waals surface area contributed by atoms with E-state index in [9.17, 15) is 4.79 Å². The Bertz CT molecular complexity index is 1480. The Morgan fingerprint density at radius 3 is 2.62 bits per heavy atom. The lowest BCUT2D eigenvalue weighted by Crippen LogP contribution is -2.32. The molecule has 37 heavy (non-hydrogen) atoms. The van der Waals surface area contributed by atoms with Crippen LogP contribution in [0.3, 0.4) is 0 Å². The van der Waals surface area contributed by atoms with Crippen molar-refractivity contribution in [2.45, 2.75) is 26.5 Å². The van der Waals surface area contributed by atoms with E-state index in [1.54, 1.807) is 11.8 Å². The summed E-state index contributed by atoms with van der Waals surface area (Å²) in [6.45, 7) is 4.09. The third-order valence-corrected chi connectivity index (χ3v) is 6.50. The number of amides is 1. The zero-order chi connectivity index (χ0) is 25.9. The molecule has 0 radical (unpaired) electrons. The fourth-order valence-electron chi connectivity index (χ4n) is 4.37. The molecule has 2 N–H and O–H groups in total. The first-order chi connectivity index (χ1) is 18.0. The van der Waals surface area contributed by atoms with Crippen molar-refractivity contribution in [3.8, 4) is 11.5 Å². The normalized spacial score (nSPS) is 14.5. The summed E-state index contributed by atoms with van der Waals surface area (Å²) in [5.74, 6) is 1.34. The average molecular weight is 516 g/mol. The van der Waals surface area contributed by atoms with Crippen molar-refractivity contribution in [3.05, 3.63) is 106 Å². The number of aromatic nitrogens is 3. The van der Waals surface area contributed by atoms with Gasteiger partial charge in [-0.05, 0) is 49.2 Å². The quantitative estimate of drug-likeness (QED) is 0.325. The Balaban J connectivity index is 1.58. The average Bonchev–Trinajstić information content (AvgIpc) is 3.36. The number of carbonyl (C=O) groups excluding carboxylic acids is 1. The van der Waals surface area contributed by atoms with Crippen LogP contribution in [0.5, 0.6) is 11.5 Å². The second kappa shape index (κ2) is 10.4. The summed E-state index contributed by atoms with van der Waals surface area (Å²) >= 11 is 6.04. The molecule has 1 aliphatic rings. The van der Waals surface area contributed by atoms with E-state index in [0.29, 0.717) is 33.7 Å². The number of aryl methyl sites for hydroxylation is 1. The molecule has 2 heterocycles. The van der Waals surface area contributed by atoms with Crippen LogP contribution in [0.2, 0.25) is 5.02 Å². The SMILES string of the molecule is COc1cccc(C2C(C(=O)Nc3ccccc3C)=C(C)Nc3ncnn32)c1OCc1ccc(Cl)cc1. The van der Waals surface area contributed by atoms with E-state index >= 15 is 0 Å². The van der Waals surface area contributed by atoms with E-state index in [4.69, 9.17) is 21.1 Å². The number of benzene rings is 3. The maximum atomic E-state index is 13.8. The van der Waals surface area contributed by atoms with Gasteiger partial charge in [-0.2, -0.15) is 10.1 Å². The molecule has 3 aromatic carbocycles. The highest BCUT2D eigenvalue weighted by Crippen LogP contribution is 2.43. The molecule has 188 valence electrons. The van der Waals surface area contributed by atoms with Gasteiger partial charge in [-0.15, -0.1) is 0 Å². The lowest BCUT2D eigenvalue weighted by Gasteiger charge is -2.30. The fraction of sp³-hybridized carbons (Fsp3) is 0.179. The minimum absolute atomic E-state index is 0.253. The molecule has 1 aliphatic heterocycles. The van der Waals surface area contributed by atoms with Gasteiger partial charge < -0.3 is 20.1 Å². The predicted molar refractivity (Wildman–Crippen MR) is 143 cm³/mol. The van der Waals surface area contributed by atoms with E-state index in [1.807, 2.05) is 80.6 Å². The third kappa shape index (κ3) is 4.88. The number of ether oxygens (including phenoxy) is 2. The van der Waals surface area contributed by atoms with Crippen molar-refractivity contribution in [2.24, 2.45) is 0 Å². The first-order valence-electron chi connectivity index (χ1n) is 11.7. The minimum Gasteiger partial charge on any atom is -0.493 e. The molecule has 0 saturated heterocycles. The predicted octanol–water partition coefficient (Wildman–Crippen LogP) is 5.76. The number of hydrogen-bond donors (Lipinski definition) is 2. The van der Waals surface area contributed by atoms with Crippen LogP contribution in [-0.2, 0) is 11.4 Å². The summed E-state index contributed by atoms with van der Waals surface area (Å²) in [6.07, 6.45) is 1.46. The number of para-hydroxylation sites is 2. The summed E-state index contributed by atoms with van der Waals surface area (Å²) in [4.78, 5) is 18.1. The standard InChI is InChI=1S/C28H26ClN5O3/c1-17-7-4-5-9-22(17)33-27(35)24-18(2)32-28-30-16-31-34(28)25(24)21-8-6-10-23(36-3)26(21)37-15-19-11-13-20(29)14-12-19/h4-14,16,25H,15H2,1-3H3,(H,33,35)(H,30,31,32). The highest BCUT2D eigenvalue weighted by atomic mass is 35.5. The number of nitrogens with one attached hydrogen (secondary N) is 2. The first-order valence-corrected chi connectivity index (χ1v) is 12.1. The van der Waals surface area contributed by atoms with Gasteiger partial charge in [0.25, 0.3) is 5.91 Å². The summed E-state index contributed by atoms with van der Waals surface area (Å²) in [5, 5.41) is 11.4. The van der Waals surface area contributed by atoms with Gasteiger partial charge in [-0.1, -0.05) is 54.1 Å². The maximum Gasteiger partial charge on any atom is 0.255 e. The lowest BCUT2D eigenvalue weighted by molar-refractivity contribution is -0.113. The number of methoxy groups -OCH3 is 1. The summed E-state index contributed by atoms with van der Waals surface area (Å²) in [6, 6.07) is 20.1. The molecule has 4 aromatic rings. The number of halogens is 1. The number of rotatable bonds is 7. The van der Waals surface area contributed by atoms with Crippen molar-refractivity contribution in [3.63, 3.8) is 0 Å². The van der Waals surface area contributed by atoms with Crippen LogP contribution in [0.15, 0.2) is 84.3 Å². The number of allylic oxidation sites excluding steroid dienone is 1. The van der Waals surface area contributed by atoms with E-state index in [1.165, 1.54) is 6.33 Å². The van der Waals surface area contributed by atoms with Crippen LogP contribution in [0, 0.1) is 6.92 Å². The molecule has 0 aliphatic carbocycles. The summed E-state index contributed by atoms with van der Waals surface area (Å²) < 4.78 is 13.7. The van der Waals surface area contributed by atoms with Crippen LogP contribution in [0.25, 0.3) is 0 Å². The van der Waals surface area contributed by atoms with E-state index in [0.717, 1.165) is 22.4 Å². The van der Waals surface area contributed by atoms with Crippen LogP contribution >= 0.6 is 11.6 Å². The van der Waals surface area contributed by atoms with Crippen LogP contribution in [0.4, 0.5) is 11.6 Å². The van der Waals surface area contributed by atoms with Gasteiger partial charge >= 0.3 is 0 Å². The fourth-order valence-corrected chi connectivity index (χ4v) is 4.50. The second-order valence-corrected chi connectivity index (χ2v) is 9.09. The van der Waals surface area contributed by atoms with E-state index < -0.39 is 6.04 Å². The molecule has 1 atom stereocenters. The van der Waals surface area contributed by atoms with Crippen LogP contribution in [0.1, 0.15) is 29.7 Å². The molecular weight excluding hydrogens is 490 g/mol. The molecule has 5 rings (SSSR count). The van der Waals surface area contributed by atoms with Gasteiger partial charge in [-0.3, -0.25) is 4.79 Å². The van der Waals surface area contributed by atoms with Gasteiger partial charge in [0.15, 0.2) is 11.5 Å². The molecule has 0 fully saturated rings. The van der Waals surface area contributed by atoms with Crippen LogP contribution in [-0.4, -0.2) is 27.8 Å². The topological polar surface area (TPSA) is 90.3 Å². The summed E-state index contributed by atoms with van der Waals surface area (Å²) in [5.41, 5.74) is 4.52. The number of nitrogens with zero attached hydrogens (tertiary/aromatic N) is 3. The Hall–Kier alpha value is -4.30. The van der Waals surface area contributed by atoms with Crippen molar-refractivity contribution in [1.29, 1.82) is 0 Å². The zero-order valence-electron chi connectivity index (χ0n) is 20.7. The Kier molecular flexibility index (Phi) is 6.83. The number of fused-ring (bicyclic) bond motifs is 1. The maximum absolute atomic E-state index is 13.8. The molecule has 1 unspecified atom stereocenters. The van der Waals surface area contributed by atoms with Crippen LogP contribution < -0.4 is 20.1 Å². The van der Waals surface area contributed by atoms with Gasteiger partial charge in [0.2, 0.25) is 5.95 Å². The number of anilines is 2. The van der Waals surface area contributed by atoms with Crippen molar-refractivity contribution >= 4 is 29.1 Å². The first kappa shape index (κ1) is 24.4. The smallest absolute Gasteiger partial charge is 0.255 e. The Labute approximate surface area is 219 Å². The Morgan fingerprint density at radius 1 is 1.08 bits per heavy atom. The molecule has 1 amide bonds. The van der Waals surface area contributed by atoms with Gasteiger partial charge in [-0.25, -0.2) is 4.68 Å². The van der Waals surface area contributed by atoms with Crippen molar-refractivity contribution in [1.82, 2.24) is 14.8 Å². The molecule has 0 saturated carbocycles. The minimum atomic E-state index is -0.613. The largest absolute Gasteiger partial charge is 0.493 e. The Morgan fingerprint density at radius 2 is 1.86 bits per heavy atom. The van der Waals surface area contributed by atoms with E-state index in [2.05, 4.69) is 20.7 Å². The summed E-state index contributed by atoms with van der Waals surface area (Å²) in [7, 11) is 1.59. The van der Waals surface area contributed by atoms with Gasteiger partial charge in [0.05, 0.1) is 12.7 Å². The second-order valence-electron chi connectivity index (χ2n) is 8.66. The molecule has 0 bridgehead atoms. The van der Waals surface area contributed by atoms with E-state index in [-0.39, 0.29) is 12.5 Å². The van der Waals surface area contributed by atoms with Crippen molar-refractivity contribution in [2.75, 3.05) is 17.7 Å². The lowest BCUT2D eigenvalue weighted by atomic mass is 9.93. The molecule has 9 heteroatoms. The number of hydrogen-bond acceptors (Lipinski definition) is 6. The molecule has 1 aromatic heterocycles. The highest BCUT2D eigenvalue weighted by Gasteiger charge is 2.36. The van der Waals surface area contributed by atoms with Gasteiger partial charge in [0, 0.05) is 22.0 Å².